The van der Waals surface area contributed by atoms with Gasteiger partial charge in [-0.25, -0.2) is 4.99 Å². The molecule has 7 nitrogen and oxygen atoms in total. The van der Waals surface area contributed by atoms with Crippen LogP contribution >= 0.6 is 11.3 Å². The molecule has 2 aliphatic heterocycles. The number of thiazole rings is 1. The number of hydrogen-bond donors (Lipinski definition) is 0. The third-order valence-corrected chi connectivity index (χ3v) is 8.70. The highest BCUT2D eigenvalue weighted by Crippen LogP contribution is 2.41. The highest BCUT2D eigenvalue weighted by molar-refractivity contribution is 7.07. The topological polar surface area (TPSA) is 71.3 Å². The van der Waals surface area contributed by atoms with E-state index in [0.29, 0.717) is 20.8 Å². The van der Waals surface area contributed by atoms with Crippen molar-refractivity contribution in [3.05, 3.63) is 120 Å². The second kappa shape index (κ2) is 10.4. The summed E-state index contributed by atoms with van der Waals surface area (Å²) in [5.74, 6) is 3.01. The summed E-state index contributed by atoms with van der Waals surface area (Å²) in [6.45, 7) is 0.209. The summed E-state index contributed by atoms with van der Waals surface area (Å²) in [4.78, 5) is 19.9. The molecule has 3 heterocycles. The van der Waals surface area contributed by atoms with Crippen LogP contribution in [0.15, 0.2) is 93.4 Å². The fraction of sp³-hybridized carbons (Fsp3) is 0.212. The molecule has 0 radical (unpaired) electrons. The summed E-state index contributed by atoms with van der Waals surface area (Å²) < 4.78 is 24.2. The van der Waals surface area contributed by atoms with E-state index in [-0.39, 0.29) is 18.4 Å². The fourth-order valence-electron chi connectivity index (χ4n) is 5.70. The van der Waals surface area contributed by atoms with Crippen LogP contribution in [-0.4, -0.2) is 25.6 Å². The third-order valence-electron chi connectivity index (χ3n) is 7.72. The average molecular weight is 565 g/mol. The van der Waals surface area contributed by atoms with Crippen molar-refractivity contribution in [3.63, 3.8) is 0 Å². The van der Waals surface area contributed by atoms with E-state index < -0.39 is 0 Å². The molecule has 0 fully saturated rings. The average Bonchev–Trinajstić information content (AvgIpc) is 3.60. The zero-order valence-corrected chi connectivity index (χ0v) is 23.6. The van der Waals surface area contributed by atoms with Gasteiger partial charge in [0, 0.05) is 0 Å². The van der Waals surface area contributed by atoms with Crippen molar-refractivity contribution in [1.82, 2.24) is 4.57 Å². The van der Waals surface area contributed by atoms with Crippen molar-refractivity contribution < 1.29 is 18.9 Å². The molecule has 1 aliphatic carbocycles. The van der Waals surface area contributed by atoms with Crippen LogP contribution in [0.5, 0.6) is 23.0 Å². The number of nitrogens with zero attached hydrogens (tertiary/aromatic N) is 2. The van der Waals surface area contributed by atoms with Gasteiger partial charge in [0.2, 0.25) is 6.79 Å². The predicted molar refractivity (Wildman–Crippen MR) is 158 cm³/mol. The first kappa shape index (κ1) is 25.4. The summed E-state index contributed by atoms with van der Waals surface area (Å²) in [6.07, 6.45) is 6.92. The van der Waals surface area contributed by atoms with Crippen molar-refractivity contribution in [3.8, 4) is 23.0 Å². The first-order chi connectivity index (χ1) is 20.1. The summed E-state index contributed by atoms with van der Waals surface area (Å²) in [6, 6.07) is 21.5. The molecule has 206 valence electrons. The molecule has 0 spiro atoms. The zero-order valence-electron chi connectivity index (χ0n) is 22.8. The number of methoxy groups -OCH3 is 2. The molecule has 41 heavy (non-hydrogen) atoms. The Morgan fingerprint density at radius 1 is 0.878 bits per heavy atom. The zero-order chi connectivity index (χ0) is 27.9. The molecule has 1 atom stereocenters. The molecule has 4 aromatic rings. The van der Waals surface area contributed by atoms with Crippen LogP contribution in [0, 0.1) is 0 Å². The molecule has 0 bridgehead atoms. The maximum Gasteiger partial charge on any atom is 0.271 e. The Balaban J connectivity index is 1.40. The Kier molecular flexibility index (Phi) is 6.47. The molecule has 0 N–H and O–H groups in total. The van der Waals surface area contributed by atoms with Gasteiger partial charge >= 0.3 is 0 Å². The first-order valence-corrected chi connectivity index (χ1v) is 14.4. The lowest BCUT2D eigenvalue weighted by atomic mass is 9.84. The van der Waals surface area contributed by atoms with Gasteiger partial charge in [0.05, 0.1) is 30.5 Å². The number of rotatable bonds is 5. The van der Waals surface area contributed by atoms with Crippen LogP contribution in [0.25, 0.3) is 12.2 Å². The van der Waals surface area contributed by atoms with E-state index in [1.807, 2.05) is 53.1 Å². The van der Waals surface area contributed by atoms with E-state index >= 15 is 0 Å². The molecule has 0 amide bonds. The monoisotopic (exact) mass is 564 g/mol. The molecular formula is C33H28N2O5S. The van der Waals surface area contributed by atoms with Crippen molar-refractivity contribution in [2.75, 3.05) is 21.0 Å². The fourth-order valence-corrected chi connectivity index (χ4v) is 6.70. The lowest BCUT2D eigenvalue weighted by Crippen LogP contribution is -2.39. The summed E-state index contributed by atoms with van der Waals surface area (Å²) >= 11 is 1.42. The maximum atomic E-state index is 14.0. The number of fused-ring (bicyclic) bond motifs is 2. The Hall–Kier alpha value is -4.56. The molecule has 1 aromatic heterocycles. The standard InChI is InChI=1S/C33H28N2O5S/c1-37-24-11-6-20(7-12-24)16-23-4-3-5-26-30(23)34-33-35(31(26)22-9-13-25(38-2)14-10-22)32(36)29(41-33)18-21-8-15-27-28(17-21)40-19-39-27/h6-18,31H,3-5,19H2,1-2H3/b23-16-,29-18+. The smallest absolute Gasteiger partial charge is 0.271 e. The first-order valence-electron chi connectivity index (χ1n) is 13.5. The minimum Gasteiger partial charge on any atom is -0.497 e. The van der Waals surface area contributed by atoms with Gasteiger partial charge in [-0.3, -0.25) is 9.36 Å². The van der Waals surface area contributed by atoms with E-state index in [1.165, 1.54) is 22.5 Å². The SMILES string of the molecule is COc1ccc(/C=C2/CCCC3=C2N=c2s/c(=C/c4ccc5c(c4)OCO5)c(=O)n2C3c2ccc(OC)cc2)cc1. The number of aromatic nitrogens is 1. The Bertz CT molecular complexity index is 1880. The van der Waals surface area contributed by atoms with E-state index in [0.717, 1.165) is 53.1 Å². The molecule has 8 heteroatoms. The number of ether oxygens (including phenoxy) is 4. The van der Waals surface area contributed by atoms with Gasteiger partial charge in [-0.15, -0.1) is 0 Å². The van der Waals surface area contributed by atoms with Crippen LogP contribution in [0.3, 0.4) is 0 Å². The van der Waals surface area contributed by atoms with Gasteiger partial charge in [0.15, 0.2) is 16.3 Å². The quantitative estimate of drug-likeness (QED) is 0.332. The minimum absolute atomic E-state index is 0.0509. The minimum atomic E-state index is -0.245. The molecule has 7 rings (SSSR count). The van der Waals surface area contributed by atoms with E-state index in [4.69, 9.17) is 23.9 Å². The largest absolute Gasteiger partial charge is 0.497 e. The van der Waals surface area contributed by atoms with Crippen LogP contribution in [0.4, 0.5) is 0 Å². The number of hydrogen-bond acceptors (Lipinski definition) is 7. The maximum absolute atomic E-state index is 14.0. The molecular weight excluding hydrogens is 536 g/mol. The Morgan fingerprint density at radius 3 is 2.34 bits per heavy atom. The summed E-state index contributed by atoms with van der Waals surface area (Å²) in [5, 5.41) is 0. The molecule has 3 aliphatic rings. The molecule has 3 aromatic carbocycles. The second-order valence-corrected chi connectivity index (χ2v) is 11.1. The van der Waals surface area contributed by atoms with Crippen LogP contribution in [0.2, 0.25) is 0 Å². The molecule has 0 saturated heterocycles. The van der Waals surface area contributed by atoms with Gasteiger partial charge in [-0.05, 0) is 95.6 Å². The van der Waals surface area contributed by atoms with Crippen LogP contribution < -0.4 is 33.8 Å². The van der Waals surface area contributed by atoms with Gasteiger partial charge < -0.3 is 18.9 Å². The van der Waals surface area contributed by atoms with Crippen LogP contribution in [-0.2, 0) is 0 Å². The van der Waals surface area contributed by atoms with Gasteiger partial charge in [-0.2, -0.15) is 0 Å². The normalized spacial score (nSPS) is 18.6. The summed E-state index contributed by atoms with van der Waals surface area (Å²) in [5.41, 5.74) is 6.30. The highest BCUT2D eigenvalue weighted by Gasteiger charge is 2.32. The third kappa shape index (κ3) is 4.64. The van der Waals surface area contributed by atoms with E-state index in [1.54, 1.807) is 14.2 Å². The lowest BCUT2D eigenvalue weighted by Gasteiger charge is -2.31. The van der Waals surface area contributed by atoms with Crippen molar-refractivity contribution >= 4 is 23.5 Å². The van der Waals surface area contributed by atoms with Gasteiger partial charge in [0.1, 0.15) is 11.5 Å². The number of benzene rings is 3. The van der Waals surface area contributed by atoms with Crippen LogP contribution in [0.1, 0.15) is 42.0 Å². The van der Waals surface area contributed by atoms with Crippen molar-refractivity contribution in [2.45, 2.75) is 25.3 Å². The van der Waals surface area contributed by atoms with Gasteiger partial charge in [0.25, 0.3) is 5.56 Å². The lowest BCUT2D eigenvalue weighted by molar-refractivity contribution is 0.174. The Labute approximate surface area is 240 Å². The summed E-state index contributed by atoms with van der Waals surface area (Å²) in [7, 11) is 3.33. The second-order valence-electron chi connectivity index (χ2n) is 10.1. The van der Waals surface area contributed by atoms with E-state index in [2.05, 4.69) is 30.3 Å². The van der Waals surface area contributed by atoms with E-state index in [9.17, 15) is 4.79 Å². The number of allylic oxidation sites excluding steroid dienone is 2. The Morgan fingerprint density at radius 2 is 1.59 bits per heavy atom. The predicted octanol–water partition coefficient (Wildman–Crippen LogP) is 5.23. The molecule has 1 unspecified atom stereocenters. The van der Waals surface area contributed by atoms with Crippen molar-refractivity contribution in [1.29, 1.82) is 0 Å². The van der Waals surface area contributed by atoms with Gasteiger partial charge in [-0.1, -0.05) is 41.7 Å². The highest BCUT2D eigenvalue weighted by atomic mass is 32.1. The van der Waals surface area contributed by atoms with Crippen molar-refractivity contribution in [2.24, 2.45) is 4.99 Å². The molecule has 0 saturated carbocycles.